The van der Waals surface area contributed by atoms with Gasteiger partial charge in [-0.25, -0.2) is 13.6 Å². The number of nitrogens with one attached hydrogen (secondary N) is 1. The summed E-state index contributed by atoms with van der Waals surface area (Å²) in [6.45, 7) is 13.0. The van der Waals surface area contributed by atoms with Crippen LogP contribution in [0.15, 0.2) is 28.8 Å². The Bertz CT molecular complexity index is 1910. The third-order valence-electron chi connectivity index (χ3n) is 11.9. The molecule has 2 aromatic rings. The maximum atomic E-state index is 14.4. The molecule has 5 rings (SSSR count). The van der Waals surface area contributed by atoms with Gasteiger partial charge in [-0.2, -0.15) is 0 Å². The van der Waals surface area contributed by atoms with Crippen molar-refractivity contribution in [2.45, 2.75) is 129 Å². The zero-order valence-corrected chi connectivity index (χ0v) is 34.7. The Morgan fingerprint density at radius 3 is 2.38 bits per heavy atom. The summed E-state index contributed by atoms with van der Waals surface area (Å²) in [6.07, 6.45) is -5.04. The van der Waals surface area contributed by atoms with Crippen LogP contribution in [0, 0.1) is 47.1 Å². The van der Waals surface area contributed by atoms with Gasteiger partial charge in [0.05, 0.1) is 23.9 Å². The highest BCUT2D eigenvalue weighted by Crippen LogP contribution is 2.40. The summed E-state index contributed by atoms with van der Waals surface area (Å²) < 4.78 is 63.7. The summed E-state index contributed by atoms with van der Waals surface area (Å²) in [4.78, 5) is 57.2. The lowest BCUT2D eigenvalue weighted by Crippen LogP contribution is -2.60. The number of nitrogens with zero attached hydrogens (tertiary/aromatic N) is 2. The average Bonchev–Trinajstić information content (AvgIpc) is 3.78. The van der Waals surface area contributed by atoms with Gasteiger partial charge in [0, 0.05) is 35.4 Å². The highest BCUT2D eigenvalue weighted by Gasteiger charge is 2.57. The Balaban J connectivity index is 1.54. The van der Waals surface area contributed by atoms with Gasteiger partial charge in [0.2, 0.25) is 5.76 Å². The molecule has 3 fully saturated rings. The number of cyclic esters (lactones) is 1. The number of alkyl carbamates (subject to hydrolysis) is 1. The number of aliphatic hydroxyl groups excluding tert-OH is 1. The van der Waals surface area contributed by atoms with Gasteiger partial charge >= 0.3 is 12.1 Å². The monoisotopic (exact) mass is 815 g/mol. The molecule has 4 heterocycles. The van der Waals surface area contributed by atoms with Gasteiger partial charge in [0.25, 0.3) is 0 Å². The van der Waals surface area contributed by atoms with Crippen LogP contribution in [0.4, 0.5) is 13.6 Å². The molecule has 0 aliphatic carbocycles. The molecular formula is C42H55F2N3O11. The zero-order valence-electron chi connectivity index (χ0n) is 34.7. The van der Waals surface area contributed by atoms with Crippen LogP contribution < -0.4 is 5.32 Å². The lowest BCUT2D eigenvalue weighted by Gasteiger charge is -2.47. The molecule has 0 radical (unpaired) electrons. The SMILES string of the molecule is CC[C@H]1OC(=O)[C@H](C)C(=O)[C@H](C)[C@@H](O[C@@H]2O[C@H](C)C[C@H](N(C)C)[C@H]2O)[C@@](C)(OCC#Cc2cc(-c3ccc(F)c(F)c3)no2)C[C@@H](C)C(=O)[C@H](C)[C@H]2NC(=O)O[C@@]21C. The first kappa shape index (κ1) is 44.8. The first-order valence-electron chi connectivity index (χ1n) is 19.7. The lowest BCUT2D eigenvalue weighted by atomic mass is 9.73. The minimum atomic E-state index is -1.52. The molecule has 58 heavy (non-hydrogen) atoms. The van der Waals surface area contributed by atoms with E-state index in [4.69, 9.17) is 28.2 Å². The molecule has 318 valence electrons. The largest absolute Gasteiger partial charge is 0.458 e. The number of carbonyl (C=O) groups is 4. The summed E-state index contributed by atoms with van der Waals surface area (Å²) in [5.41, 5.74) is -2.46. The standard InChI is InChI=1S/C42H55F2N3O11/c1-11-32-42(8)36(45-40(52)57-42)23(4)33(48)21(2)20-41(7,53-16-12-13-27-19-30(46-58-27)26-14-15-28(43)29(44)18-26)37(24(5)34(49)25(6)38(51)55-32)56-39-35(50)31(47(9)10)17-22(3)54-39/h14-15,18-19,21-25,31-32,35-37,39,50H,11,16-17,20H2,1-10H3,(H,45,52)/t21-,22-,23+,24+,25-,31+,32-,35-,36-,37-,39+,41+,42-/m1/s1. The number of esters is 1. The van der Waals surface area contributed by atoms with Gasteiger partial charge in [-0.1, -0.05) is 38.8 Å². The van der Waals surface area contributed by atoms with Crippen molar-refractivity contribution in [3.05, 3.63) is 41.7 Å². The predicted molar refractivity (Wildman–Crippen MR) is 204 cm³/mol. The van der Waals surface area contributed by atoms with Crippen LogP contribution in [0.5, 0.6) is 0 Å². The second-order valence-corrected chi connectivity index (χ2v) is 16.5. The summed E-state index contributed by atoms with van der Waals surface area (Å²) >= 11 is 0. The van der Waals surface area contributed by atoms with Crippen LogP contribution in [0.2, 0.25) is 0 Å². The molecule has 2 N–H and O–H groups in total. The molecule has 0 bridgehead atoms. The summed E-state index contributed by atoms with van der Waals surface area (Å²) in [7, 11) is 3.65. The number of carbonyl (C=O) groups excluding carboxylic acids is 4. The summed E-state index contributed by atoms with van der Waals surface area (Å²) in [6, 6.07) is 3.50. The van der Waals surface area contributed by atoms with Crippen molar-refractivity contribution in [3.8, 4) is 23.1 Å². The highest BCUT2D eigenvalue weighted by atomic mass is 19.2. The van der Waals surface area contributed by atoms with E-state index in [0.717, 1.165) is 12.1 Å². The van der Waals surface area contributed by atoms with Gasteiger partial charge in [0.1, 0.15) is 36.2 Å². The molecule has 1 aromatic carbocycles. The van der Waals surface area contributed by atoms with Gasteiger partial charge in [-0.3, -0.25) is 14.4 Å². The maximum absolute atomic E-state index is 14.4. The van der Waals surface area contributed by atoms with Crippen LogP contribution >= 0.6 is 0 Å². The molecule has 0 saturated carbocycles. The quantitative estimate of drug-likeness (QED) is 0.221. The number of benzene rings is 1. The Morgan fingerprint density at radius 2 is 1.72 bits per heavy atom. The first-order chi connectivity index (χ1) is 27.2. The number of amides is 1. The molecule has 3 aliphatic heterocycles. The third kappa shape index (κ3) is 9.29. The van der Waals surface area contributed by atoms with Crippen LogP contribution in [0.3, 0.4) is 0 Å². The molecular weight excluding hydrogens is 760 g/mol. The number of Topliss-reactive ketones (excluding diaryl/α,β-unsaturated/α-hetero) is 2. The van der Waals surface area contributed by atoms with Gasteiger partial charge in [-0.05, 0) is 85.2 Å². The summed E-state index contributed by atoms with van der Waals surface area (Å²) in [5.74, 6) is -2.00. The van der Waals surface area contributed by atoms with Gasteiger partial charge in [0.15, 0.2) is 29.3 Å². The molecule has 16 heteroatoms. The van der Waals surface area contributed by atoms with Crippen molar-refractivity contribution in [2.24, 2.45) is 23.7 Å². The van der Waals surface area contributed by atoms with Gasteiger partial charge in [-0.15, -0.1) is 0 Å². The normalized spacial score (nSPS) is 36.3. The van der Waals surface area contributed by atoms with Crippen molar-refractivity contribution in [1.29, 1.82) is 0 Å². The van der Waals surface area contributed by atoms with E-state index in [1.165, 1.54) is 19.1 Å². The number of hydrogen-bond acceptors (Lipinski definition) is 13. The van der Waals surface area contributed by atoms with Crippen molar-refractivity contribution in [3.63, 3.8) is 0 Å². The maximum Gasteiger partial charge on any atom is 0.408 e. The number of hydrogen-bond donors (Lipinski definition) is 2. The Morgan fingerprint density at radius 1 is 1.02 bits per heavy atom. The van der Waals surface area contributed by atoms with Crippen LogP contribution in [0.25, 0.3) is 11.3 Å². The minimum absolute atomic E-state index is 0.0352. The van der Waals surface area contributed by atoms with Crippen molar-refractivity contribution in [1.82, 2.24) is 15.4 Å². The fourth-order valence-corrected chi connectivity index (χ4v) is 8.58. The average molecular weight is 816 g/mol. The Labute approximate surface area is 337 Å². The molecule has 13 atom stereocenters. The molecule has 0 spiro atoms. The van der Waals surface area contributed by atoms with E-state index in [0.29, 0.717) is 6.42 Å². The number of fused-ring (bicyclic) bond motifs is 1. The molecule has 1 aromatic heterocycles. The number of ketones is 2. The lowest BCUT2D eigenvalue weighted by molar-refractivity contribution is -0.296. The van der Waals surface area contributed by atoms with E-state index in [-0.39, 0.29) is 54.4 Å². The molecule has 1 amide bonds. The number of halogens is 2. The molecule has 3 aliphatic rings. The second-order valence-electron chi connectivity index (χ2n) is 16.5. The smallest absolute Gasteiger partial charge is 0.408 e. The first-order valence-corrected chi connectivity index (χ1v) is 19.7. The fourth-order valence-electron chi connectivity index (χ4n) is 8.58. The van der Waals surface area contributed by atoms with Crippen LogP contribution in [0.1, 0.15) is 80.4 Å². The Kier molecular flexibility index (Phi) is 13.9. The number of aliphatic hydroxyl groups is 1. The number of ether oxygens (including phenoxy) is 5. The third-order valence-corrected chi connectivity index (χ3v) is 11.9. The van der Waals surface area contributed by atoms with Crippen molar-refractivity contribution in [2.75, 3.05) is 20.7 Å². The Hall–Kier alpha value is -4.27. The second kappa shape index (κ2) is 17.9. The molecule has 14 nitrogen and oxygen atoms in total. The van der Waals surface area contributed by atoms with Crippen LogP contribution in [-0.4, -0.2) is 113 Å². The number of rotatable bonds is 7. The molecule has 3 saturated heterocycles. The van der Waals surface area contributed by atoms with Crippen molar-refractivity contribution >= 4 is 23.6 Å². The van der Waals surface area contributed by atoms with Gasteiger partial charge < -0.3 is 43.5 Å². The number of aromatic nitrogens is 1. The zero-order chi connectivity index (χ0) is 42.9. The molecule has 0 unspecified atom stereocenters. The van der Waals surface area contributed by atoms with E-state index in [9.17, 15) is 33.1 Å². The van der Waals surface area contributed by atoms with Crippen LogP contribution in [-0.2, 0) is 38.1 Å². The predicted octanol–water partition coefficient (Wildman–Crippen LogP) is 4.83. The van der Waals surface area contributed by atoms with Crippen molar-refractivity contribution < 1.29 is 61.3 Å². The topological polar surface area (TPSA) is 176 Å². The minimum Gasteiger partial charge on any atom is -0.458 e. The highest BCUT2D eigenvalue weighted by molar-refractivity contribution is 6.00. The van der Waals surface area contributed by atoms with E-state index < -0.39 is 95.0 Å². The summed E-state index contributed by atoms with van der Waals surface area (Å²) in [5, 5.41) is 18.2. The van der Waals surface area contributed by atoms with E-state index in [2.05, 4.69) is 22.3 Å². The van der Waals surface area contributed by atoms with E-state index in [1.54, 1.807) is 41.5 Å². The fraction of sp³-hybridized carbons (Fsp3) is 0.643. The number of likely N-dealkylation sites (N-methyl/N-ethyl adjacent to an activating group) is 1. The van der Waals surface area contributed by atoms with E-state index in [1.807, 2.05) is 25.9 Å². The van der Waals surface area contributed by atoms with E-state index >= 15 is 0 Å².